The van der Waals surface area contributed by atoms with Gasteiger partial charge in [0.25, 0.3) is 0 Å². The summed E-state index contributed by atoms with van der Waals surface area (Å²) >= 11 is 0. The number of amides is 1. The highest BCUT2D eigenvalue weighted by atomic mass is 16.5. The number of benzene rings is 1. The number of hydrogen-bond donors (Lipinski definition) is 1. The average Bonchev–Trinajstić information content (AvgIpc) is 2.49. The van der Waals surface area contributed by atoms with E-state index in [9.17, 15) is 9.59 Å². The SMILES string of the molecule is COC(=O)CCCCCNC(=O)/C=C/c1ccccc1C. The van der Waals surface area contributed by atoms with Crippen LogP contribution in [0.1, 0.15) is 36.8 Å². The molecule has 1 N–H and O–H groups in total. The van der Waals surface area contributed by atoms with Crippen molar-refractivity contribution < 1.29 is 14.3 Å². The molecule has 114 valence electrons. The molecule has 0 aliphatic carbocycles. The lowest BCUT2D eigenvalue weighted by Gasteiger charge is -2.03. The zero-order chi connectivity index (χ0) is 15.5. The molecule has 4 nitrogen and oxygen atoms in total. The van der Waals surface area contributed by atoms with E-state index in [1.165, 1.54) is 7.11 Å². The van der Waals surface area contributed by atoms with Crippen molar-refractivity contribution in [1.82, 2.24) is 5.32 Å². The van der Waals surface area contributed by atoms with Crippen molar-refractivity contribution in [3.8, 4) is 0 Å². The Labute approximate surface area is 126 Å². The van der Waals surface area contributed by atoms with Gasteiger partial charge in [0.1, 0.15) is 0 Å². The second-order valence-electron chi connectivity index (χ2n) is 4.87. The van der Waals surface area contributed by atoms with Crippen LogP contribution >= 0.6 is 0 Å². The third-order valence-electron chi connectivity index (χ3n) is 3.19. The minimum Gasteiger partial charge on any atom is -0.469 e. The Balaban J connectivity index is 2.17. The third-order valence-corrected chi connectivity index (χ3v) is 3.19. The number of carbonyl (C=O) groups is 2. The number of esters is 1. The van der Waals surface area contributed by atoms with E-state index >= 15 is 0 Å². The second kappa shape index (κ2) is 9.75. The topological polar surface area (TPSA) is 55.4 Å². The van der Waals surface area contributed by atoms with Crippen LogP contribution in [0.4, 0.5) is 0 Å². The zero-order valence-electron chi connectivity index (χ0n) is 12.7. The number of ether oxygens (including phenoxy) is 1. The summed E-state index contributed by atoms with van der Waals surface area (Å²) in [6, 6.07) is 7.91. The van der Waals surface area contributed by atoms with Crippen molar-refractivity contribution in [2.75, 3.05) is 13.7 Å². The fourth-order valence-corrected chi connectivity index (χ4v) is 1.88. The average molecular weight is 289 g/mol. The Morgan fingerprint density at radius 2 is 1.95 bits per heavy atom. The van der Waals surface area contributed by atoms with E-state index in [2.05, 4.69) is 10.1 Å². The summed E-state index contributed by atoms with van der Waals surface area (Å²) in [6.45, 7) is 2.64. The largest absolute Gasteiger partial charge is 0.469 e. The minimum atomic E-state index is -0.180. The molecule has 0 saturated heterocycles. The van der Waals surface area contributed by atoms with Crippen LogP contribution in [-0.4, -0.2) is 25.5 Å². The van der Waals surface area contributed by atoms with E-state index in [-0.39, 0.29) is 11.9 Å². The van der Waals surface area contributed by atoms with Crippen LogP contribution in [0.2, 0.25) is 0 Å². The number of hydrogen-bond acceptors (Lipinski definition) is 3. The molecule has 0 radical (unpaired) electrons. The third kappa shape index (κ3) is 7.30. The first-order chi connectivity index (χ1) is 10.1. The molecular weight excluding hydrogens is 266 g/mol. The Morgan fingerprint density at radius 3 is 2.67 bits per heavy atom. The predicted octanol–water partition coefficient (Wildman–Crippen LogP) is 2.86. The molecule has 0 bridgehead atoms. The van der Waals surface area contributed by atoms with Gasteiger partial charge in [0.15, 0.2) is 0 Å². The molecule has 0 aliphatic rings. The molecule has 1 rings (SSSR count). The van der Waals surface area contributed by atoms with Crippen LogP contribution in [0.25, 0.3) is 6.08 Å². The minimum absolute atomic E-state index is 0.0915. The van der Waals surface area contributed by atoms with Crippen LogP contribution in [0.15, 0.2) is 30.3 Å². The molecule has 0 atom stereocenters. The molecule has 0 spiro atoms. The maximum atomic E-state index is 11.6. The molecule has 0 saturated carbocycles. The Morgan fingerprint density at radius 1 is 1.19 bits per heavy atom. The summed E-state index contributed by atoms with van der Waals surface area (Å²) in [5, 5.41) is 2.83. The van der Waals surface area contributed by atoms with Crippen LogP contribution in [0, 0.1) is 6.92 Å². The van der Waals surface area contributed by atoms with Gasteiger partial charge >= 0.3 is 5.97 Å². The molecule has 0 unspecified atom stereocenters. The predicted molar refractivity (Wildman–Crippen MR) is 83.7 cm³/mol. The van der Waals surface area contributed by atoms with E-state index in [0.717, 1.165) is 30.4 Å². The van der Waals surface area contributed by atoms with Gasteiger partial charge < -0.3 is 10.1 Å². The summed E-state index contributed by atoms with van der Waals surface area (Å²) in [5.74, 6) is -0.272. The van der Waals surface area contributed by atoms with Crippen LogP contribution in [0.5, 0.6) is 0 Å². The van der Waals surface area contributed by atoms with Crippen molar-refractivity contribution >= 4 is 18.0 Å². The van der Waals surface area contributed by atoms with Gasteiger partial charge in [0.05, 0.1) is 7.11 Å². The summed E-state index contributed by atoms with van der Waals surface area (Å²) in [6.07, 6.45) is 6.37. The van der Waals surface area contributed by atoms with Crippen molar-refractivity contribution in [2.45, 2.75) is 32.6 Å². The number of carbonyl (C=O) groups excluding carboxylic acids is 2. The van der Waals surface area contributed by atoms with Crippen molar-refractivity contribution in [1.29, 1.82) is 0 Å². The van der Waals surface area contributed by atoms with Gasteiger partial charge in [-0.1, -0.05) is 30.7 Å². The van der Waals surface area contributed by atoms with Gasteiger partial charge in [-0.15, -0.1) is 0 Å². The van der Waals surface area contributed by atoms with Crippen molar-refractivity contribution in [3.05, 3.63) is 41.5 Å². The summed E-state index contributed by atoms with van der Waals surface area (Å²) in [4.78, 5) is 22.5. The summed E-state index contributed by atoms with van der Waals surface area (Å²) < 4.78 is 4.56. The smallest absolute Gasteiger partial charge is 0.305 e. The molecule has 1 aromatic rings. The molecule has 0 aromatic heterocycles. The van der Waals surface area contributed by atoms with Gasteiger partial charge in [-0.2, -0.15) is 0 Å². The number of nitrogens with one attached hydrogen (secondary N) is 1. The molecule has 1 aromatic carbocycles. The van der Waals surface area contributed by atoms with E-state index < -0.39 is 0 Å². The fraction of sp³-hybridized carbons (Fsp3) is 0.412. The van der Waals surface area contributed by atoms with Crippen molar-refractivity contribution in [3.63, 3.8) is 0 Å². The van der Waals surface area contributed by atoms with Crippen molar-refractivity contribution in [2.24, 2.45) is 0 Å². The van der Waals surface area contributed by atoms with Crippen LogP contribution < -0.4 is 5.32 Å². The molecule has 0 fully saturated rings. The fourth-order valence-electron chi connectivity index (χ4n) is 1.88. The Bertz CT molecular complexity index is 495. The number of methoxy groups -OCH3 is 1. The number of aryl methyl sites for hydroxylation is 1. The van der Waals surface area contributed by atoms with E-state index in [0.29, 0.717) is 13.0 Å². The number of unbranched alkanes of at least 4 members (excludes halogenated alkanes) is 2. The molecule has 0 aliphatic heterocycles. The molecule has 4 heteroatoms. The van der Waals surface area contributed by atoms with Gasteiger partial charge in [-0.05, 0) is 37.0 Å². The maximum Gasteiger partial charge on any atom is 0.305 e. The lowest BCUT2D eigenvalue weighted by atomic mass is 10.1. The Hall–Kier alpha value is -2.10. The normalized spacial score (nSPS) is 10.6. The summed E-state index contributed by atoms with van der Waals surface area (Å²) in [5.41, 5.74) is 2.19. The molecule has 1 amide bonds. The monoisotopic (exact) mass is 289 g/mol. The molecule has 0 heterocycles. The zero-order valence-corrected chi connectivity index (χ0v) is 12.7. The highest BCUT2D eigenvalue weighted by Crippen LogP contribution is 2.08. The standard InChI is InChI=1S/C17H23NO3/c1-14-8-5-6-9-15(14)11-12-16(19)18-13-7-3-4-10-17(20)21-2/h5-6,8-9,11-12H,3-4,7,10,13H2,1-2H3,(H,18,19)/b12-11+. The first kappa shape index (κ1) is 17.0. The quantitative estimate of drug-likeness (QED) is 0.455. The van der Waals surface area contributed by atoms with Crippen LogP contribution in [0.3, 0.4) is 0 Å². The first-order valence-corrected chi connectivity index (χ1v) is 7.22. The Kier molecular flexibility index (Phi) is 7.87. The van der Waals surface area contributed by atoms with Gasteiger partial charge in [-0.3, -0.25) is 9.59 Å². The van der Waals surface area contributed by atoms with E-state index in [1.54, 1.807) is 6.08 Å². The molecular formula is C17H23NO3. The van der Waals surface area contributed by atoms with Gasteiger partial charge in [0.2, 0.25) is 5.91 Å². The highest BCUT2D eigenvalue weighted by molar-refractivity contribution is 5.91. The summed E-state index contributed by atoms with van der Waals surface area (Å²) in [7, 11) is 1.39. The maximum absolute atomic E-state index is 11.6. The van der Waals surface area contributed by atoms with Gasteiger partial charge in [-0.25, -0.2) is 0 Å². The highest BCUT2D eigenvalue weighted by Gasteiger charge is 2.00. The second-order valence-corrected chi connectivity index (χ2v) is 4.87. The lowest BCUT2D eigenvalue weighted by molar-refractivity contribution is -0.140. The van der Waals surface area contributed by atoms with E-state index in [1.807, 2.05) is 37.3 Å². The van der Waals surface area contributed by atoms with Crippen LogP contribution in [-0.2, 0) is 14.3 Å². The molecule has 21 heavy (non-hydrogen) atoms. The van der Waals surface area contributed by atoms with Gasteiger partial charge in [0, 0.05) is 19.0 Å². The number of rotatable bonds is 8. The van der Waals surface area contributed by atoms with E-state index in [4.69, 9.17) is 0 Å². The first-order valence-electron chi connectivity index (χ1n) is 7.22. The lowest BCUT2D eigenvalue weighted by Crippen LogP contribution is -2.22.